The molecular weight excluding hydrogens is 857 g/mol. The van der Waals surface area contributed by atoms with Gasteiger partial charge in [-0.1, -0.05) is 176 Å². The van der Waals surface area contributed by atoms with Crippen LogP contribution >= 0.6 is 15.8 Å². The Bertz CT molecular complexity index is 1650. The molecule has 0 atom stereocenters. The van der Waals surface area contributed by atoms with E-state index in [0.717, 1.165) is 0 Å². The van der Waals surface area contributed by atoms with Crippen molar-refractivity contribution in [2.75, 3.05) is 0 Å². The zero-order valence-corrected chi connectivity index (χ0v) is 39.4. The monoisotopic (exact) mass is 909 g/mol. The van der Waals surface area contributed by atoms with Crippen LogP contribution in [0.1, 0.15) is 66.8 Å². The second kappa shape index (κ2) is 20.5. The molecule has 0 aliphatic rings. The van der Waals surface area contributed by atoms with E-state index in [-0.39, 0.29) is 50.7 Å². The van der Waals surface area contributed by atoms with Crippen LogP contribution in [0.5, 0.6) is 0 Å². The molecule has 6 rings (SSSR count). The van der Waals surface area contributed by atoms with Crippen molar-refractivity contribution in [3.63, 3.8) is 0 Å². The number of rotatable bonds is 6. The molecule has 0 aliphatic carbocycles. The SMILES string of the molecule is Cc1cc(C)cc(P(c2cc(C)cc(C)c2)c2cc(C)cc(C)c2)c1.Cc1cc(C)cc(P(c2cc(C)cc(C)c2)c2cc(C)cc(C)c2)c1.[Br-].[Br-].[Co+2]. The van der Waals surface area contributed by atoms with Crippen LogP contribution in [0.3, 0.4) is 0 Å². The standard InChI is InChI=1S/2C24H27P.2BrH.Co/c2*1-16-7-17(2)11-22(10-16)25(23-12-18(3)8-19(4)13-23)24-14-20(5)9-21(6)15-24;;;/h2*7-15H,1-6H3;2*1H;/q;;;;+2/p-2. The molecule has 0 fully saturated rings. The first-order valence-electron chi connectivity index (χ1n) is 17.7. The van der Waals surface area contributed by atoms with Gasteiger partial charge in [-0.15, -0.1) is 0 Å². The molecule has 0 unspecified atom stereocenters. The summed E-state index contributed by atoms with van der Waals surface area (Å²) in [5, 5.41) is 8.68. The molecule has 0 heterocycles. The van der Waals surface area contributed by atoms with E-state index in [2.05, 4.69) is 192 Å². The van der Waals surface area contributed by atoms with E-state index in [0.29, 0.717) is 0 Å². The maximum Gasteiger partial charge on any atom is 2.00 e. The Morgan fingerprint density at radius 2 is 0.302 bits per heavy atom. The summed E-state index contributed by atoms with van der Waals surface area (Å²) in [5.41, 5.74) is 16.1. The van der Waals surface area contributed by atoms with Crippen LogP contribution < -0.4 is 65.8 Å². The predicted molar refractivity (Wildman–Crippen MR) is 227 cm³/mol. The molecule has 0 bridgehead atoms. The van der Waals surface area contributed by atoms with Gasteiger partial charge in [-0.05, 0) is 131 Å². The largest absolute Gasteiger partial charge is 2.00 e. The molecule has 5 heteroatoms. The number of hydrogen-bond acceptors (Lipinski definition) is 0. The number of benzene rings is 6. The van der Waals surface area contributed by atoms with E-state index < -0.39 is 15.8 Å². The smallest absolute Gasteiger partial charge is 1.00 e. The number of halogens is 2. The van der Waals surface area contributed by atoms with Gasteiger partial charge < -0.3 is 34.0 Å². The van der Waals surface area contributed by atoms with Crippen molar-refractivity contribution < 1.29 is 50.7 Å². The summed E-state index contributed by atoms with van der Waals surface area (Å²) in [4.78, 5) is 0. The third-order valence-electron chi connectivity index (χ3n) is 8.79. The van der Waals surface area contributed by atoms with Crippen LogP contribution in [-0.4, -0.2) is 0 Å². The Morgan fingerprint density at radius 1 is 0.208 bits per heavy atom. The topological polar surface area (TPSA) is 0 Å². The molecule has 0 saturated carbocycles. The summed E-state index contributed by atoms with van der Waals surface area (Å²) in [6.07, 6.45) is 0. The normalized spacial score (nSPS) is 10.5. The predicted octanol–water partition coefficient (Wildman–Crippen LogP) is 4.60. The van der Waals surface area contributed by atoms with Crippen LogP contribution in [0.25, 0.3) is 0 Å². The van der Waals surface area contributed by atoms with E-state index >= 15 is 0 Å². The first kappa shape index (κ1) is 46.8. The van der Waals surface area contributed by atoms with Crippen molar-refractivity contribution in [3.8, 4) is 0 Å². The van der Waals surface area contributed by atoms with Crippen molar-refractivity contribution in [2.45, 2.75) is 83.1 Å². The molecule has 0 spiro atoms. The molecule has 0 N–H and O–H groups in total. The molecule has 0 aliphatic heterocycles. The third-order valence-corrected chi connectivity index (χ3v) is 13.4. The molecule has 0 aromatic heterocycles. The van der Waals surface area contributed by atoms with E-state index in [9.17, 15) is 0 Å². The summed E-state index contributed by atoms with van der Waals surface area (Å²) in [7, 11) is -1.09. The van der Waals surface area contributed by atoms with Gasteiger partial charge in [-0.2, -0.15) is 0 Å². The van der Waals surface area contributed by atoms with Crippen LogP contribution in [0.4, 0.5) is 0 Å². The minimum Gasteiger partial charge on any atom is -1.00 e. The Labute approximate surface area is 354 Å². The van der Waals surface area contributed by atoms with Gasteiger partial charge in [0.1, 0.15) is 0 Å². The first-order chi connectivity index (χ1) is 23.6. The van der Waals surface area contributed by atoms with Crippen molar-refractivity contribution >= 4 is 47.7 Å². The quantitative estimate of drug-likeness (QED) is 0.215. The summed E-state index contributed by atoms with van der Waals surface area (Å²) in [6, 6.07) is 42.0. The van der Waals surface area contributed by atoms with Gasteiger partial charge in [0.2, 0.25) is 0 Å². The van der Waals surface area contributed by atoms with Gasteiger partial charge in [0, 0.05) is 0 Å². The van der Waals surface area contributed by atoms with E-state index in [4.69, 9.17) is 0 Å². The summed E-state index contributed by atoms with van der Waals surface area (Å²) >= 11 is 0. The molecular formula is C48H54Br2CoP2. The van der Waals surface area contributed by atoms with E-state index in [1.165, 1.54) is 98.6 Å². The third kappa shape index (κ3) is 12.9. The van der Waals surface area contributed by atoms with Crippen LogP contribution in [-0.2, 0) is 16.8 Å². The molecule has 0 amide bonds. The van der Waals surface area contributed by atoms with Crippen LogP contribution in [0, 0.1) is 83.1 Å². The maximum absolute atomic E-state index is 2.37. The van der Waals surface area contributed by atoms with Gasteiger partial charge in [0.15, 0.2) is 0 Å². The molecule has 279 valence electrons. The molecule has 6 aromatic carbocycles. The fourth-order valence-electron chi connectivity index (χ4n) is 7.37. The Kier molecular flexibility index (Phi) is 18.1. The van der Waals surface area contributed by atoms with E-state index in [1.807, 2.05) is 0 Å². The first-order valence-corrected chi connectivity index (χ1v) is 20.4. The Balaban J connectivity index is 0.000000347. The molecule has 0 nitrogen and oxygen atoms in total. The second-order valence-corrected chi connectivity index (χ2v) is 19.2. The van der Waals surface area contributed by atoms with Crippen molar-refractivity contribution in [1.29, 1.82) is 0 Å². The number of hydrogen-bond donors (Lipinski definition) is 0. The molecule has 6 aromatic rings. The maximum atomic E-state index is 2.37. The summed E-state index contributed by atoms with van der Waals surface area (Å²) in [6.45, 7) is 26.4. The zero-order chi connectivity index (χ0) is 36.3. The molecule has 0 saturated heterocycles. The summed E-state index contributed by atoms with van der Waals surface area (Å²) < 4.78 is 0. The van der Waals surface area contributed by atoms with Gasteiger partial charge in [-0.25, -0.2) is 0 Å². The molecule has 53 heavy (non-hydrogen) atoms. The van der Waals surface area contributed by atoms with Crippen molar-refractivity contribution in [1.82, 2.24) is 0 Å². The fourth-order valence-corrected chi connectivity index (χ4v) is 13.2. The van der Waals surface area contributed by atoms with Crippen molar-refractivity contribution in [3.05, 3.63) is 176 Å². The van der Waals surface area contributed by atoms with Crippen LogP contribution in [0.2, 0.25) is 0 Å². The fraction of sp³-hybridized carbons (Fsp3) is 0.250. The number of aryl methyl sites for hydroxylation is 12. The van der Waals surface area contributed by atoms with Crippen molar-refractivity contribution in [2.24, 2.45) is 0 Å². The van der Waals surface area contributed by atoms with Gasteiger partial charge in [0.25, 0.3) is 0 Å². The second-order valence-electron chi connectivity index (χ2n) is 14.7. The Morgan fingerprint density at radius 3 is 0.396 bits per heavy atom. The summed E-state index contributed by atoms with van der Waals surface area (Å²) in [5.74, 6) is 0. The minimum atomic E-state index is -0.543. The van der Waals surface area contributed by atoms with Gasteiger partial charge in [0.05, 0.1) is 0 Å². The zero-order valence-electron chi connectivity index (χ0n) is 33.4. The van der Waals surface area contributed by atoms with Crippen LogP contribution in [0.15, 0.2) is 109 Å². The van der Waals surface area contributed by atoms with Gasteiger partial charge in [-0.3, -0.25) is 0 Å². The average Bonchev–Trinajstić information content (AvgIpc) is 2.95. The van der Waals surface area contributed by atoms with E-state index in [1.54, 1.807) is 0 Å². The minimum absolute atomic E-state index is 0. The Hall–Kier alpha value is -2.35. The average molecular weight is 912 g/mol. The molecule has 1 radical (unpaired) electrons. The van der Waals surface area contributed by atoms with Gasteiger partial charge >= 0.3 is 16.8 Å².